The van der Waals surface area contributed by atoms with Gasteiger partial charge >= 0.3 is 5.63 Å². The van der Waals surface area contributed by atoms with Crippen LogP contribution in [0.1, 0.15) is 43.8 Å². The second-order valence-electron chi connectivity index (χ2n) is 7.71. The average molecular weight is 442 g/mol. The highest BCUT2D eigenvalue weighted by Crippen LogP contribution is 2.36. The molecule has 3 heterocycles. The number of benzene rings is 2. The second kappa shape index (κ2) is 8.86. The summed E-state index contributed by atoms with van der Waals surface area (Å²) >= 11 is 0. The number of nitrogens with two attached hydrogens (primary N) is 1. The zero-order chi connectivity index (χ0) is 23.7. The molecule has 5 aromatic rings. The summed E-state index contributed by atoms with van der Waals surface area (Å²) in [5.41, 5.74) is 9.84. The fraction of sp³-hybridized carbons (Fsp3) is 0.231. The summed E-state index contributed by atoms with van der Waals surface area (Å²) in [6, 6.07) is 15.4. The third-order valence-corrected chi connectivity index (χ3v) is 5.62. The predicted octanol–water partition coefficient (Wildman–Crippen LogP) is 5.43. The van der Waals surface area contributed by atoms with Gasteiger partial charge in [0.15, 0.2) is 5.65 Å². The summed E-state index contributed by atoms with van der Waals surface area (Å²) in [6.07, 6.45) is 1.42. The van der Waals surface area contributed by atoms with E-state index in [0.29, 0.717) is 28.0 Å². The summed E-state index contributed by atoms with van der Waals surface area (Å²) in [5, 5.41) is 6.76. The van der Waals surface area contributed by atoms with E-state index in [2.05, 4.69) is 15.1 Å². The van der Waals surface area contributed by atoms with Gasteiger partial charge in [-0.05, 0) is 32.4 Å². The van der Waals surface area contributed by atoms with Crippen LogP contribution in [0.2, 0.25) is 0 Å². The van der Waals surface area contributed by atoms with E-state index in [4.69, 9.17) is 10.2 Å². The van der Waals surface area contributed by atoms with Crippen molar-refractivity contribution in [2.45, 2.75) is 40.7 Å². The van der Waals surface area contributed by atoms with Crippen molar-refractivity contribution in [3.05, 3.63) is 82.3 Å². The van der Waals surface area contributed by atoms with E-state index >= 15 is 0 Å². The molecule has 2 aromatic carbocycles. The fourth-order valence-corrected chi connectivity index (χ4v) is 4.13. The van der Waals surface area contributed by atoms with Gasteiger partial charge in [0.1, 0.15) is 23.9 Å². The molecule has 0 saturated carbocycles. The maximum atomic E-state index is 13.0. The Bertz CT molecular complexity index is 1500. The Morgan fingerprint density at radius 2 is 1.73 bits per heavy atom. The molecule has 1 atom stereocenters. The summed E-state index contributed by atoms with van der Waals surface area (Å²) in [6.45, 7) is 9.76. The molecule has 0 radical (unpaired) electrons. The molecule has 0 spiro atoms. The van der Waals surface area contributed by atoms with Crippen molar-refractivity contribution in [1.29, 1.82) is 0 Å². The summed E-state index contributed by atoms with van der Waals surface area (Å²) in [5.74, 6) is 0.897. The van der Waals surface area contributed by atoms with Crippen molar-refractivity contribution in [3.63, 3.8) is 0 Å². The molecule has 7 heteroatoms. The molecule has 0 aliphatic heterocycles. The highest BCUT2D eigenvalue weighted by atomic mass is 16.4. The summed E-state index contributed by atoms with van der Waals surface area (Å²) < 4.78 is 7.69. The first kappa shape index (κ1) is 22.2. The molecule has 0 aliphatic carbocycles. The van der Waals surface area contributed by atoms with Gasteiger partial charge in [-0.3, -0.25) is 0 Å². The quantitative estimate of drug-likeness (QED) is 0.400. The van der Waals surface area contributed by atoms with Gasteiger partial charge in [-0.15, -0.1) is 0 Å². The monoisotopic (exact) mass is 441 g/mol. The number of fused-ring (bicyclic) bond motifs is 2. The van der Waals surface area contributed by atoms with Crippen LogP contribution in [0.3, 0.4) is 0 Å². The van der Waals surface area contributed by atoms with Gasteiger partial charge < -0.3 is 10.2 Å². The molecular formula is C26H27N5O2. The van der Waals surface area contributed by atoms with E-state index < -0.39 is 6.04 Å². The van der Waals surface area contributed by atoms with Gasteiger partial charge in [0.25, 0.3) is 0 Å². The molecule has 0 saturated heterocycles. The van der Waals surface area contributed by atoms with Gasteiger partial charge in [-0.25, -0.2) is 19.4 Å². The molecule has 1 unspecified atom stereocenters. The van der Waals surface area contributed by atoms with Crippen LogP contribution >= 0.6 is 0 Å². The predicted molar refractivity (Wildman–Crippen MR) is 132 cm³/mol. The van der Waals surface area contributed by atoms with Crippen LogP contribution in [-0.2, 0) is 0 Å². The third kappa shape index (κ3) is 3.75. The van der Waals surface area contributed by atoms with Crippen molar-refractivity contribution < 1.29 is 4.42 Å². The Morgan fingerprint density at radius 1 is 1.00 bits per heavy atom. The standard InChI is InChI=1S/C24H21N5O2.C2H6/c1-13-9-10-17-18(11-13)24(30)31-21(20(17)16-7-5-4-6-8-16)15(3)29-23-19(14(2)28-29)22(25)26-12-27-23;1-2/h4-12,15H,1-3H3,(H2,25,26,27);1-2H3. The van der Waals surface area contributed by atoms with Gasteiger partial charge in [-0.1, -0.05) is 61.9 Å². The lowest BCUT2D eigenvalue weighted by Crippen LogP contribution is -2.14. The normalized spacial score (nSPS) is 11.9. The number of aromatic nitrogens is 4. The minimum atomic E-state index is -0.404. The lowest BCUT2D eigenvalue weighted by atomic mass is 9.95. The topological polar surface area (TPSA) is 99.8 Å². The van der Waals surface area contributed by atoms with Crippen LogP contribution in [0, 0.1) is 13.8 Å². The molecule has 0 amide bonds. The van der Waals surface area contributed by atoms with Gasteiger partial charge in [0.05, 0.1) is 16.5 Å². The molecule has 5 rings (SSSR count). The summed E-state index contributed by atoms with van der Waals surface area (Å²) in [4.78, 5) is 21.4. The summed E-state index contributed by atoms with van der Waals surface area (Å²) in [7, 11) is 0. The molecule has 3 aromatic heterocycles. The lowest BCUT2D eigenvalue weighted by Gasteiger charge is -2.18. The van der Waals surface area contributed by atoms with Crippen molar-refractivity contribution in [3.8, 4) is 11.1 Å². The number of aryl methyl sites for hydroxylation is 2. The average Bonchev–Trinajstić information content (AvgIpc) is 3.18. The van der Waals surface area contributed by atoms with E-state index in [1.54, 1.807) is 4.68 Å². The van der Waals surface area contributed by atoms with Gasteiger partial charge in [0.2, 0.25) is 0 Å². The number of nitrogens with zero attached hydrogens (tertiary/aromatic N) is 4. The molecule has 7 nitrogen and oxygen atoms in total. The van der Waals surface area contributed by atoms with Gasteiger partial charge in [0, 0.05) is 10.9 Å². The smallest absolute Gasteiger partial charge is 0.343 e. The first-order valence-corrected chi connectivity index (χ1v) is 11.0. The molecule has 0 fully saturated rings. The van der Waals surface area contributed by atoms with Crippen molar-refractivity contribution in [2.75, 3.05) is 5.73 Å². The maximum Gasteiger partial charge on any atom is 0.343 e. The molecule has 0 bridgehead atoms. The van der Waals surface area contributed by atoms with E-state index in [-0.39, 0.29) is 5.63 Å². The number of hydrogen-bond acceptors (Lipinski definition) is 6. The third-order valence-electron chi connectivity index (χ3n) is 5.62. The highest BCUT2D eigenvalue weighted by molar-refractivity contribution is 5.97. The Balaban J connectivity index is 0.00000126. The zero-order valence-corrected chi connectivity index (χ0v) is 19.5. The van der Waals surface area contributed by atoms with Crippen molar-refractivity contribution >= 4 is 27.6 Å². The number of anilines is 1. The Hall–Kier alpha value is -4.00. The minimum absolute atomic E-state index is 0.373. The van der Waals surface area contributed by atoms with Crippen LogP contribution in [0.4, 0.5) is 5.82 Å². The number of rotatable bonds is 3. The van der Waals surface area contributed by atoms with Crippen molar-refractivity contribution in [2.24, 2.45) is 0 Å². The van der Waals surface area contributed by atoms with E-state index in [1.165, 1.54) is 6.33 Å². The van der Waals surface area contributed by atoms with Gasteiger partial charge in [-0.2, -0.15) is 5.10 Å². The number of nitrogen functional groups attached to an aromatic ring is 1. The highest BCUT2D eigenvalue weighted by Gasteiger charge is 2.25. The molecule has 0 aliphatic rings. The van der Waals surface area contributed by atoms with Crippen LogP contribution in [0.5, 0.6) is 0 Å². The first-order chi connectivity index (χ1) is 16.0. The number of hydrogen-bond donors (Lipinski definition) is 1. The van der Waals surface area contributed by atoms with E-state index in [0.717, 1.165) is 27.8 Å². The van der Waals surface area contributed by atoms with Crippen LogP contribution in [-0.4, -0.2) is 19.7 Å². The molecule has 2 N–H and O–H groups in total. The second-order valence-corrected chi connectivity index (χ2v) is 7.71. The SMILES string of the molecule is CC.Cc1ccc2c(-c3ccccc3)c(C(C)n3nc(C)c4c(N)ncnc43)oc(=O)c2c1. The van der Waals surface area contributed by atoms with Crippen molar-refractivity contribution in [1.82, 2.24) is 19.7 Å². The molecule has 33 heavy (non-hydrogen) atoms. The van der Waals surface area contributed by atoms with E-state index in [1.807, 2.05) is 83.1 Å². The maximum absolute atomic E-state index is 13.0. The fourth-order valence-electron chi connectivity index (χ4n) is 4.13. The minimum Gasteiger partial charge on any atom is -0.424 e. The largest absolute Gasteiger partial charge is 0.424 e. The Labute approximate surface area is 191 Å². The first-order valence-electron chi connectivity index (χ1n) is 11.0. The molecular weight excluding hydrogens is 414 g/mol. The Morgan fingerprint density at radius 3 is 2.45 bits per heavy atom. The van der Waals surface area contributed by atoms with Crippen LogP contribution < -0.4 is 11.4 Å². The van der Waals surface area contributed by atoms with E-state index in [9.17, 15) is 4.79 Å². The van der Waals surface area contributed by atoms with Crippen LogP contribution in [0.25, 0.3) is 32.9 Å². The lowest BCUT2D eigenvalue weighted by molar-refractivity contribution is 0.404. The Kier molecular flexibility index (Phi) is 5.96. The zero-order valence-electron chi connectivity index (χ0n) is 19.5. The molecule has 168 valence electrons. The van der Waals surface area contributed by atoms with Crippen LogP contribution in [0.15, 0.2) is 64.1 Å².